The Hall–Kier alpha value is -6.42. The van der Waals surface area contributed by atoms with E-state index in [2.05, 4.69) is 25.0 Å². The summed E-state index contributed by atoms with van der Waals surface area (Å²) in [6.45, 7) is 7.29. The summed E-state index contributed by atoms with van der Waals surface area (Å²) in [6, 6.07) is 6.53. The number of rotatable bonds is 2. The third-order valence-electron chi connectivity index (χ3n) is 7.71. The number of nitrogens with zero attached hydrogens (tertiary/aromatic N) is 6. The van der Waals surface area contributed by atoms with Crippen LogP contribution in [-0.2, 0) is 0 Å². The van der Waals surface area contributed by atoms with Crippen LogP contribution in [0.25, 0.3) is 70.8 Å². The molecule has 6 aromatic carbocycles. The lowest BCUT2D eigenvalue weighted by atomic mass is 10.0. The van der Waals surface area contributed by atoms with Crippen LogP contribution in [0.3, 0.4) is 0 Å². The predicted octanol–water partition coefficient (Wildman–Crippen LogP) is 7.81. The van der Waals surface area contributed by atoms with E-state index < -0.39 is 80.4 Å². The number of hydrogen-bond acceptors (Lipinski definition) is 5. The largest absolute Gasteiger partial charge is 0.241 e. The summed E-state index contributed by atoms with van der Waals surface area (Å²) in [6.07, 6.45) is 1.54. The minimum atomic E-state index is -2.35. The number of halogens is 10. The second-order valence-electron chi connectivity index (χ2n) is 10.1. The lowest BCUT2D eigenvalue weighted by molar-refractivity contribution is 0.381. The molecule has 7 rings (SSSR count). The van der Waals surface area contributed by atoms with Gasteiger partial charge in [-0.25, -0.2) is 53.9 Å². The second-order valence-corrected chi connectivity index (χ2v) is 10.1. The third kappa shape index (κ3) is 3.99. The van der Waals surface area contributed by atoms with Crippen LogP contribution in [0.1, 0.15) is 0 Å². The van der Waals surface area contributed by atoms with Crippen LogP contribution in [0.4, 0.5) is 43.9 Å². The predicted molar refractivity (Wildman–Crippen MR) is 148 cm³/mol. The van der Waals surface area contributed by atoms with E-state index in [9.17, 15) is 49.2 Å². The lowest BCUT2D eigenvalue weighted by Crippen LogP contribution is -2.05. The monoisotopic (exact) mass is 664 g/mol. The number of hydrogen-bond donors (Lipinski definition) is 0. The number of nitriles is 1. The van der Waals surface area contributed by atoms with Gasteiger partial charge in [-0.2, -0.15) is 16.8 Å². The first-order valence-electron chi connectivity index (χ1n) is 13.1. The molecule has 0 aliphatic rings. The van der Waals surface area contributed by atoms with E-state index >= 15 is 0 Å². The van der Waals surface area contributed by atoms with Crippen LogP contribution in [0.5, 0.6) is 0 Å². The van der Waals surface area contributed by atoms with Crippen LogP contribution in [0, 0.1) is 76.2 Å². The highest BCUT2D eigenvalue weighted by Crippen LogP contribution is 2.37. The van der Waals surface area contributed by atoms with Crippen molar-refractivity contribution in [1.29, 1.82) is 5.26 Å². The number of benzene rings is 4. The van der Waals surface area contributed by atoms with Crippen LogP contribution in [0.15, 0.2) is 46.5 Å². The van der Waals surface area contributed by atoms with Gasteiger partial charge in [-0.3, -0.25) is 0 Å². The highest BCUT2D eigenvalue weighted by molar-refractivity contribution is 6.15. The van der Waals surface area contributed by atoms with Crippen molar-refractivity contribution in [2.75, 3.05) is 0 Å². The molecule has 1 heterocycles. The Morgan fingerprint density at radius 3 is 1.29 bits per heavy atom. The summed E-state index contributed by atoms with van der Waals surface area (Å²) in [5, 5.41) is 13.0. The normalized spacial score (nSPS) is 12.6. The average Bonchev–Trinajstić information content (AvgIpc) is 3.55. The van der Waals surface area contributed by atoms with E-state index in [0.717, 1.165) is 24.3 Å². The zero-order chi connectivity index (χ0) is 34.3. The van der Waals surface area contributed by atoms with Crippen molar-refractivity contribution in [3.8, 4) is 28.4 Å². The molecular formula is C32H6F10N6. The van der Waals surface area contributed by atoms with Crippen molar-refractivity contribution in [1.82, 2.24) is 9.97 Å². The molecule has 0 saturated carbocycles. The smallest absolute Gasteiger partial charge is 0.206 e. The van der Waals surface area contributed by atoms with Gasteiger partial charge < -0.3 is 0 Å². The molecule has 7 aromatic rings. The van der Waals surface area contributed by atoms with Gasteiger partial charge in [-0.15, -0.1) is 4.95 Å². The molecule has 0 atom stereocenters. The Labute approximate surface area is 258 Å². The first-order valence-corrected chi connectivity index (χ1v) is 13.1. The summed E-state index contributed by atoms with van der Waals surface area (Å²) in [4.78, 5) is 15.7. The minimum Gasteiger partial charge on any atom is -0.241 e. The molecule has 0 radical (unpaired) electrons. The lowest BCUT2D eigenvalue weighted by Gasteiger charge is -2.08. The molecule has 0 aliphatic carbocycles. The molecule has 0 spiro atoms. The fourth-order valence-electron chi connectivity index (χ4n) is 5.63. The van der Waals surface area contributed by atoms with Gasteiger partial charge >= 0.3 is 0 Å². The zero-order valence-corrected chi connectivity index (χ0v) is 22.9. The van der Waals surface area contributed by atoms with Gasteiger partial charge in [0.25, 0.3) is 0 Å². The van der Waals surface area contributed by atoms with Crippen LogP contribution < -0.4 is 10.7 Å². The molecule has 48 heavy (non-hydrogen) atoms. The minimum absolute atomic E-state index is 0.00598. The SMILES string of the molecule is [C-]#[N+]/N=c1/c2cc(-c3c(F)c(F)c(F)c(F)c3F)ccc2c2nc3c(=NC#N)c4cc(-c5c(F)c(F)c(F)c(F)c5F)ccc4c3nc12. The Bertz CT molecular complexity index is 2570. The third-order valence-corrected chi connectivity index (χ3v) is 7.71. The van der Waals surface area contributed by atoms with Gasteiger partial charge in [0.2, 0.25) is 17.8 Å². The van der Waals surface area contributed by atoms with Gasteiger partial charge in [0.1, 0.15) is 16.4 Å². The van der Waals surface area contributed by atoms with Gasteiger partial charge in [0.05, 0.1) is 27.3 Å². The molecule has 0 aliphatic heterocycles. The quantitative estimate of drug-likeness (QED) is 0.0473. The summed E-state index contributed by atoms with van der Waals surface area (Å²) in [7, 11) is 0. The fraction of sp³-hybridized carbons (Fsp3) is 0. The van der Waals surface area contributed by atoms with Crippen molar-refractivity contribution < 1.29 is 43.9 Å². The fourth-order valence-corrected chi connectivity index (χ4v) is 5.63. The summed E-state index contributed by atoms with van der Waals surface area (Å²) in [5.74, 6) is -21.8. The molecule has 0 fully saturated rings. The van der Waals surface area contributed by atoms with Crippen molar-refractivity contribution in [2.24, 2.45) is 10.1 Å². The molecule has 0 bridgehead atoms. The maximum atomic E-state index is 14.6. The van der Waals surface area contributed by atoms with Crippen molar-refractivity contribution >= 4 is 43.6 Å². The highest BCUT2D eigenvalue weighted by atomic mass is 19.2. The average molecular weight is 664 g/mol. The van der Waals surface area contributed by atoms with Crippen molar-refractivity contribution in [3.05, 3.63) is 117 Å². The van der Waals surface area contributed by atoms with Crippen molar-refractivity contribution in [3.63, 3.8) is 0 Å². The number of aromatic nitrogens is 2. The Kier molecular flexibility index (Phi) is 6.66. The topological polar surface area (TPSA) is 78.6 Å². The van der Waals surface area contributed by atoms with Gasteiger partial charge in [0, 0.05) is 21.5 Å². The molecule has 16 heteroatoms. The maximum absolute atomic E-state index is 14.6. The zero-order valence-electron chi connectivity index (χ0n) is 22.9. The molecule has 0 unspecified atom stereocenters. The summed E-state index contributed by atoms with van der Waals surface area (Å²) < 4.78 is 142. The van der Waals surface area contributed by atoms with E-state index in [1.165, 1.54) is 12.1 Å². The van der Waals surface area contributed by atoms with E-state index in [0.29, 0.717) is 0 Å². The summed E-state index contributed by atoms with van der Waals surface area (Å²) >= 11 is 0. The molecule has 0 saturated heterocycles. The molecular weight excluding hydrogens is 658 g/mol. The first-order chi connectivity index (χ1) is 22.9. The van der Waals surface area contributed by atoms with E-state index in [1.807, 2.05) is 0 Å². The van der Waals surface area contributed by atoms with Crippen LogP contribution in [0.2, 0.25) is 0 Å². The van der Waals surface area contributed by atoms with Gasteiger partial charge in [0.15, 0.2) is 51.9 Å². The Morgan fingerprint density at radius 2 is 0.896 bits per heavy atom. The van der Waals surface area contributed by atoms with E-state index in [4.69, 9.17) is 6.57 Å². The molecule has 0 amide bonds. The Balaban J connectivity index is 1.55. The van der Waals surface area contributed by atoms with Gasteiger partial charge in [-0.05, 0) is 23.3 Å². The molecule has 0 N–H and O–H groups in total. The molecule has 234 valence electrons. The Morgan fingerprint density at radius 1 is 0.521 bits per heavy atom. The molecule has 1 aromatic heterocycles. The summed E-state index contributed by atoms with van der Waals surface area (Å²) in [5.41, 5.74) is -3.58. The number of fused-ring (bicyclic) bond motifs is 6. The maximum Gasteiger partial charge on any atom is 0.206 e. The van der Waals surface area contributed by atoms with Crippen LogP contribution in [-0.4, -0.2) is 9.97 Å². The standard InChI is InChI=1S/C32H6F10N6/c1-44-48-30-14-7-10(16-19(35)23(39)26(42)24(40)20(16)36)3-5-12(14)29-32(30)47-28-11-4-2-9(6-13(11)27(45-8-43)31(28)46-29)15-17(33)21(37)25(41)22(38)18(15)34/h2-7H/b45-27?,48-30-. The highest BCUT2D eigenvalue weighted by Gasteiger charge is 2.29. The molecule has 6 nitrogen and oxygen atoms in total. The first kappa shape index (κ1) is 30.2. The second kappa shape index (κ2) is 10.6. The van der Waals surface area contributed by atoms with E-state index in [-0.39, 0.29) is 54.3 Å². The van der Waals surface area contributed by atoms with E-state index in [1.54, 1.807) is 6.19 Å². The van der Waals surface area contributed by atoms with Crippen LogP contribution >= 0.6 is 0 Å². The van der Waals surface area contributed by atoms with Gasteiger partial charge in [-0.1, -0.05) is 24.3 Å². The van der Waals surface area contributed by atoms with Crippen molar-refractivity contribution in [2.45, 2.75) is 0 Å².